The van der Waals surface area contributed by atoms with E-state index in [1.54, 1.807) is 4.90 Å². The van der Waals surface area contributed by atoms with Crippen LogP contribution in [0.5, 0.6) is 0 Å². The molecule has 4 nitrogen and oxygen atoms in total. The van der Waals surface area contributed by atoms with Crippen LogP contribution in [0.3, 0.4) is 0 Å². The topological polar surface area (TPSA) is 43.8 Å². The zero-order valence-corrected chi connectivity index (χ0v) is 15.1. The molecule has 0 bridgehead atoms. The van der Waals surface area contributed by atoms with Gasteiger partial charge in [0.1, 0.15) is 17.3 Å². The monoisotopic (exact) mass is 366 g/mol. The molecule has 1 saturated heterocycles. The molecule has 1 unspecified atom stereocenters. The van der Waals surface area contributed by atoms with E-state index in [9.17, 15) is 18.7 Å². The number of anilines is 1. The van der Waals surface area contributed by atoms with Crippen molar-refractivity contribution < 1.29 is 18.7 Å². The first kappa shape index (κ1) is 19.1. The van der Waals surface area contributed by atoms with Gasteiger partial charge >= 0.3 is 0 Å². The highest BCUT2D eigenvalue weighted by Crippen LogP contribution is 2.30. The lowest BCUT2D eigenvalue weighted by molar-refractivity contribution is -0.121. The lowest BCUT2D eigenvalue weighted by Gasteiger charge is -2.37. The van der Waals surface area contributed by atoms with Crippen LogP contribution >= 0.6 is 0 Å². The van der Waals surface area contributed by atoms with Crippen molar-refractivity contribution in [3.05, 3.63) is 29.8 Å². The molecule has 1 aromatic carbocycles. The summed E-state index contributed by atoms with van der Waals surface area (Å²) in [6.45, 7) is 1.95. The smallest absolute Gasteiger partial charge is 0.209 e. The van der Waals surface area contributed by atoms with Gasteiger partial charge < -0.3 is 14.9 Å². The van der Waals surface area contributed by atoms with Gasteiger partial charge in [0.15, 0.2) is 0 Å². The highest BCUT2D eigenvalue weighted by Gasteiger charge is 2.27. The maximum atomic E-state index is 14.0. The maximum Gasteiger partial charge on any atom is 0.209 e. The number of benzene rings is 1. The molecule has 3 rings (SSSR count). The number of para-hydroxylation sites is 1. The largest absolute Gasteiger partial charge is 0.393 e. The van der Waals surface area contributed by atoms with Crippen LogP contribution in [0.4, 0.5) is 14.5 Å². The fourth-order valence-corrected chi connectivity index (χ4v) is 4.34. The second-order valence-corrected chi connectivity index (χ2v) is 7.62. The van der Waals surface area contributed by atoms with Gasteiger partial charge in [-0.1, -0.05) is 6.07 Å². The second kappa shape index (κ2) is 8.80. The van der Waals surface area contributed by atoms with E-state index in [0.29, 0.717) is 25.6 Å². The van der Waals surface area contributed by atoms with Gasteiger partial charge in [0.2, 0.25) is 6.41 Å². The van der Waals surface area contributed by atoms with Crippen LogP contribution in [0, 0.1) is 17.6 Å². The molecule has 0 aromatic heterocycles. The number of halogens is 2. The highest BCUT2D eigenvalue weighted by molar-refractivity contribution is 5.49. The van der Waals surface area contributed by atoms with Crippen molar-refractivity contribution in [1.82, 2.24) is 4.90 Å². The van der Waals surface area contributed by atoms with Crippen molar-refractivity contribution in [1.29, 1.82) is 0 Å². The van der Waals surface area contributed by atoms with Gasteiger partial charge in [-0.3, -0.25) is 4.79 Å². The minimum atomic E-state index is -0.513. The Balaban J connectivity index is 1.55. The van der Waals surface area contributed by atoms with Gasteiger partial charge in [-0.25, -0.2) is 8.78 Å². The molecule has 1 atom stereocenters. The Labute approximate surface area is 153 Å². The molecule has 1 aromatic rings. The average Bonchev–Trinajstić information content (AvgIpc) is 2.64. The van der Waals surface area contributed by atoms with E-state index in [4.69, 9.17) is 0 Å². The molecule has 2 fully saturated rings. The van der Waals surface area contributed by atoms with Crippen LogP contribution in [-0.4, -0.2) is 48.2 Å². The van der Waals surface area contributed by atoms with E-state index >= 15 is 0 Å². The summed E-state index contributed by atoms with van der Waals surface area (Å²) < 4.78 is 28.1. The number of carbonyl (C=O) groups is 1. The van der Waals surface area contributed by atoms with E-state index in [0.717, 1.165) is 51.4 Å². The number of hydrogen-bond donors (Lipinski definition) is 1. The Morgan fingerprint density at radius 2 is 1.85 bits per heavy atom. The van der Waals surface area contributed by atoms with Gasteiger partial charge in [0.05, 0.1) is 6.10 Å². The van der Waals surface area contributed by atoms with Crippen LogP contribution < -0.4 is 4.90 Å². The number of amides is 1. The molecule has 2 aliphatic rings. The zero-order valence-electron chi connectivity index (χ0n) is 15.1. The van der Waals surface area contributed by atoms with E-state index < -0.39 is 11.6 Å². The molecular formula is C20H28F2N2O2. The van der Waals surface area contributed by atoms with Crippen LogP contribution in [-0.2, 0) is 4.79 Å². The fourth-order valence-electron chi connectivity index (χ4n) is 4.34. The number of aliphatic hydroxyl groups excluding tert-OH is 1. The summed E-state index contributed by atoms with van der Waals surface area (Å²) >= 11 is 0. The molecule has 1 aliphatic carbocycles. The predicted molar refractivity (Wildman–Crippen MR) is 96.9 cm³/mol. The van der Waals surface area contributed by atoms with Crippen molar-refractivity contribution in [2.45, 2.75) is 57.1 Å². The van der Waals surface area contributed by atoms with Crippen LogP contribution in [0.25, 0.3) is 0 Å². The molecule has 1 N–H and O–H groups in total. The standard InChI is InChI=1S/C20H28F2N2O2/c21-18-4-1-5-19(22)20(18)23-11-2-3-15(13-23)10-12-24(14-25)16-6-8-17(26)9-7-16/h1,4-5,14-17,26H,2-3,6-13H2. The van der Waals surface area contributed by atoms with Crippen LogP contribution in [0.15, 0.2) is 18.2 Å². The number of hydrogen-bond acceptors (Lipinski definition) is 3. The van der Waals surface area contributed by atoms with Crippen molar-refractivity contribution in [2.75, 3.05) is 24.5 Å². The van der Waals surface area contributed by atoms with Gasteiger partial charge in [-0.15, -0.1) is 0 Å². The first-order valence-corrected chi connectivity index (χ1v) is 9.66. The van der Waals surface area contributed by atoms with Crippen molar-refractivity contribution in [2.24, 2.45) is 5.92 Å². The third-order valence-corrected chi connectivity index (χ3v) is 5.84. The van der Waals surface area contributed by atoms with E-state index in [-0.39, 0.29) is 17.8 Å². The Morgan fingerprint density at radius 1 is 1.15 bits per heavy atom. The molecule has 0 spiro atoms. The average molecular weight is 366 g/mol. The van der Waals surface area contributed by atoms with Crippen LogP contribution in [0.2, 0.25) is 0 Å². The summed E-state index contributed by atoms with van der Waals surface area (Å²) in [6.07, 6.45) is 6.62. The molecule has 6 heteroatoms. The number of carbonyl (C=O) groups excluding carboxylic acids is 1. The van der Waals surface area contributed by atoms with Crippen LogP contribution in [0.1, 0.15) is 44.9 Å². The number of nitrogens with zero attached hydrogens (tertiary/aromatic N) is 2. The van der Waals surface area contributed by atoms with Gasteiger partial charge in [0, 0.05) is 25.7 Å². The first-order valence-electron chi connectivity index (χ1n) is 9.66. The van der Waals surface area contributed by atoms with E-state index in [1.807, 2.05) is 4.90 Å². The third-order valence-electron chi connectivity index (χ3n) is 5.84. The van der Waals surface area contributed by atoms with E-state index in [2.05, 4.69) is 0 Å². The van der Waals surface area contributed by atoms with Crippen molar-refractivity contribution in [3.8, 4) is 0 Å². The first-order chi connectivity index (χ1) is 12.6. The van der Waals surface area contributed by atoms with Crippen molar-refractivity contribution >= 4 is 12.1 Å². The molecule has 0 radical (unpaired) electrons. The SMILES string of the molecule is O=CN(CCC1CCCN(c2c(F)cccc2F)C1)C1CCC(O)CC1. The molecular weight excluding hydrogens is 338 g/mol. The Bertz CT molecular complexity index is 585. The predicted octanol–water partition coefficient (Wildman–Crippen LogP) is 3.33. The minimum Gasteiger partial charge on any atom is -0.393 e. The molecule has 1 amide bonds. The normalized spacial score (nSPS) is 26.6. The van der Waals surface area contributed by atoms with Gasteiger partial charge in [0.25, 0.3) is 0 Å². The highest BCUT2D eigenvalue weighted by atomic mass is 19.1. The molecule has 1 saturated carbocycles. The molecule has 144 valence electrons. The summed E-state index contributed by atoms with van der Waals surface area (Å²) in [4.78, 5) is 15.1. The maximum absolute atomic E-state index is 14.0. The Hall–Kier alpha value is -1.69. The third kappa shape index (κ3) is 4.53. The molecule has 1 aliphatic heterocycles. The number of rotatable bonds is 6. The fraction of sp³-hybridized carbons (Fsp3) is 0.650. The molecule has 26 heavy (non-hydrogen) atoms. The summed E-state index contributed by atoms with van der Waals surface area (Å²) in [5.41, 5.74) is 0.0747. The lowest BCUT2D eigenvalue weighted by atomic mass is 9.90. The second-order valence-electron chi connectivity index (χ2n) is 7.62. The summed E-state index contributed by atoms with van der Waals surface area (Å²) in [7, 11) is 0. The zero-order chi connectivity index (χ0) is 18.5. The summed E-state index contributed by atoms with van der Waals surface area (Å²) in [5, 5.41) is 9.62. The molecule has 1 heterocycles. The van der Waals surface area contributed by atoms with Crippen molar-refractivity contribution in [3.63, 3.8) is 0 Å². The number of piperidine rings is 1. The Kier molecular flexibility index (Phi) is 6.46. The number of aliphatic hydroxyl groups is 1. The summed E-state index contributed by atoms with van der Waals surface area (Å²) in [6, 6.07) is 4.19. The van der Waals surface area contributed by atoms with Gasteiger partial charge in [-0.05, 0) is 63.0 Å². The quantitative estimate of drug-likeness (QED) is 0.786. The Morgan fingerprint density at radius 3 is 2.50 bits per heavy atom. The minimum absolute atomic E-state index is 0.0747. The summed E-state index contributed by atoms with van der Waals surface area (Å²) in [5.74, 6) is -0.707. The van der Waals surface area contributed by atoms with Gasteiger partial charge in [-0.2, -0.15) is 0 Å². The van der Waals surface area contributed by atoms with E-state index in [1.165, 1.54) is 18.2 Å². The lowest BCUT2D eigenvalue weighted by Crippen LogP contribution is -2.41.